The zero-order valence-electron chi connectivity index (χ0n) is 10.3. The number of carbonyl (C=O) groups is 2. The van der Waals surface area contributed by atoms with E-state index in [1.54, 1.807) is 6.07 Å². The summed E-state index contributed by atoms with van der Waals surface area (Å²) in [7, 11) is 0. The molecule has 0 bridgehead atoms. The lowest BCUT2D eigenvalue weighted by molar-refractivity contribution is -0.387. The average Bonchev–Trinajstić information content (AvgIpc) is 2.38. The number of nitro groups is 1. The van der Waals surface area contributed by atoms with Crippen LogP contribution in [0.25, 0.3) is 0 Å². The minimum atomic E-state index is -1.16. The molecule has 0 aliphatic rings. The Hall–Kier alpha value is -2.13. The number of hydrogen-bond donors (Lipinski definition) is 3. The minimum absolute atomic E-state index is 0.0122. The molecule has 1 aromatic carbocycles. The second-order valence-corrected chi connectivity index (χ2v) is 4.72. The van der Waals surface area contributed by atoms with E-state index in [1.165, 1.54) is 18.2 Å². The van der Waals surface area contributed by atoms with Crippen molar-refractivity contribution in [3.63, 3.8) is 0 Å². The van der Waals surface area contributed by atoms with Crippen LogP contribution in [0.4, 0.5) is 5.69 Å². The molecule has 9 heteroatoms. The van der Waals surface area contributed by atoms with Crippen LogP contribution in [0.2, 0.25) is 0 Å². The molecule has 1 amide bonds. The molecule has 0 aliphatic heterocycles. The standard InChI is InChI=1S/C11H13N3O5S/c12-10(15)6-5-7(11(16)17)13-20-9-4-2-1-3-8(9)14(18)19/h1-4,7,13H,5-6H2,(H2,12,15)(H,16,17)/t7-/m0/s1. The number of rotatable bonds is 8. The fourth-order valence-electron chi connectivity index (χ4n) is 1.35. The smallest absolute Gasteiger partial charge is 0.321 e. The van der Waals surface area contributed by atoms with Crippen LogP contribution in [-0.2, 0) is 9.59 Å². The molecule has 4 N–H and O–H groups in total. The van der Waals surface area contributed by atoms with Gasteiger partial charge in [0.1, 0.15) is 10.9 Å². The van der Waals surface area contributed by atoms with E-state index in [0.717, 1.165) is 11.9 Å². The summed E-state index contributed by atoms with van der Waals surface area (Å²) in [6.07, 6.45) is -0.0697. The molecule has 0 saturated carbocycles. The number of para-hydroxylation sites is 1. The molecule has 108 valence electrons. The highest BCUT2D eigenvalue weighted by atomic mass is 32.2. The van der Waals surface area contributed by atoms with Crippen molar-refractivity contribution in [3.05, 3.63) is 34.4 Å². The third kappa shape index (κ3) is 4.86. The highest BCUT2D eigenvalue weighted by Crippen LogP contribution is 2.27. The number of nitrogens with one attached hydrogen (secondary N) is 1. The minimum Gasteiger partial charge on any atom is -0.480 e. The molecule has 20 heavy (non-hydrogen) atoms. The molecule has 8 nitrogen and oxygen atoms in total. The van der Waals surface area contributed by atoms with Crippen molar-refractivity contribution in [1.82, 2.24) is 4.72 Å². The number of carbonyl (C=O) groups excluding carboxylic acids is 1. The first-order chi connectivity index (χ1) is 9.41. The Bertz CT molecular complexity index is 523. The van der Waals surface area contributed by atoms with E-state index in [-0.39, 0.29) is 18.5 Å². The largest absolute Gasteiger partial charge is 0.480 e. The van der Waals surface area contributed by atoms with E-state index in [1.807, 2.05) is 0 Å². The van der Waals surface area contributed by atoms with Crippen molar-refractivity contribution in [1.29, 1.82) is 0 Å². The summed E-state index contributed by atoms with van der Waals surface area (Å²) in [5.74, 6) is -1.76. The van der Waals surface area contributed by atoms with E-state index in [4.69, 9.17) is 10.8 Å². The molecule has 0 saturated heterocycles. The summed E-state index contributed by atoms with van der Waals surface area (Å²) >= 11 is 0.839. The molecule has 0 radical (unpaired) electrons. The zero-order valence-corrected chi connectivity index (χ0v) is 11.1. The van der Waals surface area contributed by atoms with Crippen molar-refractivity contribution >= 4 is 29.5 Å². The Balaban J connectivity index is 2.70. The van der Waals surface area contributed by atoms with Crippen LogP contribution < -0.4 is 10.5 Å². The first kappa shape index (κ1) is 15.9. The summed E-state index contributed by atoms with van der Waals surface area (Å²) < 4.78 is 2.59. The number of benzene rings is 1. The van der Waals surface area contributed by atoms with Gasteiger partial charge in [0, 0.05) is 12.5 Å². The average molecular weight is 299 g/mol. The monoisotopic (exact) mass is 299 g/mol. The van der Waals surface area contributed by atoms with Crippen LogP contribution in [0.15, 0.2) is 29.2 Å². The van der Waals surface area contributed by atoms with Gasteiger partial charge < -0.3 is 10.8 Å². The van der Waals surface area contributed by atoms with Crippen molar-refractivity contribution in [3.8, 4) is 0 Å². The van der Waals surface area contributed by atoms with Gasteiger partial charge in [-0.05, 0) is 24.4 Å². The maximum atomic E-state index is 11.0. The molecular weight excluding hydrogens is 286 g/mol. The predicted octanol–water partition coefficient (Wildman–Crippen LogP) is 0.910. The van der Waals surface area contributed by atoms with Gasteiger partial charge in [0.25, 0.3) is 5.69 Å². The summed E-state index contributed by atoms with van der Waals surface area (Å²) in [4.78, 5) is 32.2. The summed E-state index contributed by atoms with van der Waals surface area (Å²) in [6.45, 7) is 0. The highest BCUT2D eigenvalue weighted by molar-refractivity contribution is 7.97. The number of nitro benzene ring substituents is 1. The maximum absolute atomic E-state index is 11.0. The van der Waals surface area contributed by atoms with Crippen molar-refractivity contribution in [2.24, 2.45) is 5.73 Å². The second-order valence-electron chi connectivity index (χ2n) is 3.84. The Labute approximate surface area is 118 Å². The molecule has 0 aliphatic carbocycles. The number of nitrogens with zero attached hydrogens (tertiary/aromatic N) is 1. The quantitative estimate of drug-likeness (QED) is 0.368. The van der Waals surface area contributed by atoms with Crippen LogP contribution in [0.3, 0.4) is 0 Å². The van der Waals surface area contributed by atoms with Gasteiger partial charge in [0.2, 0.25) is 5.91 Å². The lowest BCUT2D eigenvalue weighted by Crippen LogP contribution is -2.33. The van der Waals surface area contributed by atoms with Gasteiger partial charge in [0.05, 0.1) is 4.92 Å². The van der Waals surface area contributed by atoms with Crippen LogP contribution in [0.5, 0.6) is 0 Å². The number of carboxylic acid groups (broad SMARTS) is 1. The molecule has 0 spiro atoms. The molecule has 0 heterocycles. The summed E-state index contributed by atoms with van der Waals surface area (Å²) in [5, 5.41) is 19.8. The van der Waals surface area contributed by atoms with E-state index >= 15 is 0 Å². The number of nitrogens with two attached hydrogens (primary N) is 1. The van der Waals surface area contributed by atoms with E-state index in [9.17, 15) is 19.7 Å². The fourth-order valence-corrected chi connectivity index (χ4v) is 2.23. The molecule has 0 aromatic heterocycles. The maximum Gasteiger partial charge on any atom is 0.321 e. The number of amides is 1. The van der Waals surface area contributed by atoms with Crippen molar-refractivity contribution < 1.29 is 19.6 Å². The molecule has 0 unspecified atom stereocenters. The highest BCUT2D eigenvalue weighted by Gasteiger charge is 2.20. The van der Waals surface area contributed by atoms with Gasteiger partial charge in [0.15, 0.2) is 0 Å². The van der Waals surface area contributed by atoms with E-state index in [0.29, 0.717) is 4.90 Å². The van der Waals surface area contributed by atoms with Gasteiger partial charge >= 0.3 is 5.97 Å². The van der Waals surface area contributed by atoms with Crippen LogP contribution in [0.1, 0.15) is 12.8 Å². The Kier molecular flexibility index (Phi) is 5.94. The molecule has 1 atom stereocenters. The van der Waals surface area contributed by atoms with Crippen LogP contribution in [0, 0.1) is 10.1 Å². The zero-order chi connectivity index (χ0) is 15.1. The molecule has 1 rings (SSSR count). The van der Waals surface area contributed by atoms with Gasteiger partial charge in [-0.3, -0.25) is 19.7 Å². The molecule has 1 aromatic rings. The molecule has 0 fully saturated rings. The van der Waals surface area contributed by atoms with Crippen molar-refractivity contribution in [2.45, 2.75) is 23.8 Å². The predicted molar refractivity (Wildman–Crippen MR) is 71.9 cm³/mol. The third-order valence-electron chi connectivity index (χ3n) is 2.35. The van der Waals surface area contributed by atoms with E-state index in [2.05, 4.69) is 4.72 Å². The Morgan fingerprint density at radius 2 is 2.10 bits per heavy atom. The van der Waals surface area contributed by atoms with Gasteiger partial charge in [-0.2, -0.15) is 0 Å². The number of hydrogen-bond acceptors (Lipinski definition) is 6. The normalized spacial score (nSPS) is 11.8. The van der Waals surface area contributed by atoms with Gasteiger partial charge in [-0.1, -0.05) is 12.1 Å². The SMILES string of the molecule is NC(=O)CC[C@H](NSc1ccccc1[N+](=O)[O-])C(=O)O. The number of primary amides is 1. The lowest BCUT2D eigenvalue weighted by Gasteiger charge is -2.12. The lowest BCUT2D eigenvalue weighted by atomic mass is 10.2. The Morgan fingerprint density at radius 3 is 2.65 bits per heavy atom. The van der Waals surface area contributed by atoms with Gasteiger partial charge in [-0.15, -0.1) is 0 Å². The summed E-state index contributed by atoms with van der Waals surface area (Å²) in [6, 6.07) is 4.93. The van der Waals surface area contributed by atoms with Crippen LogP contribution in [-0.4, -0.2) is 27.9 Å². The fraction of sp³-hybridized carbons (Fsp3) is 0.273. The topological polar surface area (TPSA) is 136 Å². The van der Waals surface area contributed by atoms with Gasteiger partial charge in [-0.25, -0.2) is 4.72 Å². The number of aliphatic carboxylic acids is 1. The summed E-state index contributed by atoms with van der Waals surface area (Å²) in [5.41, 5.74) is 4.83. The number of carboxylic acids is 1. The second kappa shape index (κ2) is 7.46. The van der Waals surface area contributed by atoms with Crippen molar-refractivity contribution in [2.75, 3.05) is 0 Å². The molecular formula is C11H13N3O5S. The Morgan fingerprint density at radius 1 is 1.45 bits per heavy atom. The van der Waals surface area contributed by atoms with E-state index < -0.39 is 22.8 Å². The third-order valence-corrected chi connectivity index (χ3v) is 3.32. The van der Waals surface area contributed by atoms with Crippen LogP contribution >= 0.6 is 11.9 Å². The first-order valence-corrected chi connectivity index (χ1v) is 6.40. The first-order valence-electron chi connectivity index (χ1n) is 5.58.